The highest BCUT2D eigenvalue weighted by Crippen LogP contribution is 2.36. The zero-order chi connectivity index (χ0) is 24.1. The number of fused-ring (bicyclic) bond motifs is 2. The second-order valence-corrected chi connectivity index (χ2v) is 8.29. The molecule has 0 aliphatic carbocycles. The lowest BCUT2D eigenvalue weighted by atomic mass is 10.1. The van der Waals surface area contributed by atoms with Crippen LogP contribution in [0.3, 0.4) is 0 Å². The number of halogens is 1. The van der Waals surface area contributed by atoms with Gasteiger partial charge in [0.1, 0.15) is 11.5 Å². The molecule has 4 heterocycles. The minimum atomic E-state index is -0.613. The first kappa shape index (κ1) is 20.9. The number of rotatable bonds is 4. The maximum Gasteiger partial charge on any atom is 0.260 e. The van der Waals surface area contributed by atoms with Crippen molar-refractivity contribution in [2.24, 2.45) is 7.05 Å². The van der Waals surface area contributed by atoms with E-state index in [1.165, 1.54) is 17.0 Å². The fourth-order valence-corrected chi connectivity index (χ4v) is 4.17. The number of aromatic nitrogens is 4. The van der Waals surface area contributed by atoms with Gasteiger partial charge in [-0.15, -0.1) is 0 Å². The lowest BCUT2D eigenvalue weighted by molar-refractivity contribution is 0.0989. The molecule has 2 aromatic carbocycles. The van der Waals surface area contributed by atoms with E-state index in [0.29, 0.717) is 28.4 Å². The van der Waals surface area contributed by atoms with Gasteiger partial charge in [-0.2, -0.15) is 5.10 Å². The van der Waals surface area contributed by atoms with E-state index in [2.05, 4.69) is 10.1 Å². The summed E-state index contributed by atoms with van der Waals surface area (Å²) in [5, 5.41) is 4.23. The van der Waals surface area contributed by atoms with E-state index in [-0.39, 0.29) is 12.4 Å². The Morgan fingerprint density at radius 1 is 0.971 bits per heavy atom. The summed E-state index contributed by atoms with van der Waals surface area (Å²) in [6.45, 7) is 0.138. The van der Waals surface area contributed by atoms with Crippen molar-refractivity contribution in [3.63, 3.8) is 0 Å². The largest absolute Gasteiger partial charge is 0.454 e. The third-order valence-corrected chi connectivity index (χ3v) is 6.09. The summed E-state index contributed by atoms with van der Waals surface area (Å²) in [7, 11) is 3.46. The van der Waals surface area contributed by atoms with Crippen LogP contribution in [-0.2, 0) is 7.05 Å². The summed E-state index contributed by atoms with van der Waals surface area (Å²) in [5.74, 6) is 0.0875. The zero-order valence-corrected chi connectivity index (χ0v) is 19.0. The van der Waals surface area contributed by atoms with Crippen molar-refractivity contribution < 1.29 is 18.7 Å². The van der Waals surface area contributed by atoms with Crippen molar-refractivity contribution >= 4 is 17.2 Å². The summed E-state index contributed by atoms with van der Waals surface area (Å²) in [5.41, 5.74) is 4.53. The van der Waals surface area contributed by atoms with Crippen LogP contribution in [0.4, 0.5) is 10.1 Å². The SMILES string of the molecule is CN(C(=O)c1ccc(-c2cnc3ccc(-c4cnn(C)c4)cn23)cc1F)c1ccc2c(c1)OCO2. The molecule has 1 aliphatic rings. The average Bonchev–Trinajstić information content (AvgIpc) is 3.61. The van der Waals surface area contributed by atoms with Gasteiger partial charge >= 0.3 is 0 Å². The van der Waals surface area contributed by atoms with Crippen molar-refractivity contribution in [3.05, 3.63) is 84.7 Å². The Hall–Kier alpha value is -4.66. The van der Waals surface area contributed by atoms with E-state index >= 15 is 4.39 Å². The van der Waals surface area contributed by atoms with Crippen LogP contribution in [0.15, 0.2) is 73.3 Å². The molecule has 1 aliphatic heterocycles. The molecule has 1 amide bonds. The fourth-order valence-electron chi connectivity index (χ4n) is 4.17. The molecule has 6 rings (SSSR count). The van der Waals surface area contributed by atoms with Gasteiger partial charge in [-0.25, -0.2) is 9.37 Å². The molecule has 0 spiro atoms. The third kappa shape index (κ3) is 3.57. The van der Waals surface area contributed by atoms with Crippen LogP contribution in [0.25, 0.3) is 28.0 Å². The molecule has 35 heavy (non-hydrogen) atoms. The van der Waals surface area contributed by atoms with Gasteiger partial charge in [0.15, 0.2) is 11.5 Å². The Morgan fingerprint density at radius 3 is 2.60 bits per heavy atom. The number of benzene rings is 2. The number of hydrogen-bond donors (Lipinski definition) is 0. The molecule has 5 aromatic rings. The number of hydrogen-bond acceptors (Lipinski definition) is 5. The van der Waals surface area contributed by atoms with Crippen LogP contribution >= 0.6 is 0 Å². The smallest absolute Gasteiger partial charge is 0.260 e. The molecule has 0 saturated carbocycles. The van der Waals surface area contributed by atoms with Crippen molar-refractivity contribution in [2.45, 2.75) is 0 Å². The molecule has 0 bridgehead atoms. The Morgan fingerprint density at radius 2 is 1.80 bits per heavy atom. The van der Waals surface area contributed by atoms with Gasteiger partial charge in [0.05, 0.1) is 23.7 Å². The predicted octanol–water partition coefficient (Wildman–Crippen LogP) is 4.55. The van der Waals surface area contributed by atoms with Crippen LogP contribution < -0.4 is 14.4 Å². The number of nitrogens with zero attached hydrogens (tertiary/aromatic N) is 5. The van der Waals surface area contributed by atoms with Crippen LogP contribution in [0.1, 0.15) is 10.4 Å². The van der Waals surface area contributed by atoms with Gasteiger partial charge < -0.3 is 14.4 Å². The molecule has 0 radical (unpaired) electrons. The molecule has 8 nitrogen and oxygen atoms in total. The Balaban J connectivity index is 1.32. The predicted molar refractivity (Wildman–Crippen MR) is 128 cm³/mol. The summed E-state index contributed by atoms with van der Waals surface area (Å²) < 4.78 is 29.5. The topological polar surface area (TPSA) is 73.9 Å². The van der Waals surface area contributed by atoms with E-state index in [1.807, 2.05) is 36.0 Å². The van der Waals surface area contributed by atoms with Crippen molar-refractivity contribution in [1.29, 1.82) is 0 Å². The van der Waals surface area contributed by atoms with Gasteiger partial charge in [0.2, 0.25) is 6.79 Å². The number of pyridine rings is 1. The quantitative estimate of drug-likeness (QED) is 0.386. The van der Waals surface area contributed by atoms with E-state index < -0.39 is 11.7 Å². The highest BCUT2D eigenvalue weighted by molar-refractivity contribution is 6.06. The molecule has 0 unspecified atom stereocenters. The van der Waals surface area contributed by atoms with Gasteiger partial charge in [0, 0.05) is 54.9 Å². The molecular formula is C26H20FN5O3. The Labute approximate surface area is 199 Å². The van der Waals surface area contributed by atoms with Gasteiger partial charge in [-0.3, -0.25) is 13.9 Å². The Bertz CT molecular complexity index is 1610. The van der Waals surface area contributed by atoms with Crippen LogP contribution in [-0.4, -0.2) is 38.9 Å². The lowest BCUT2D eigenvalue weighted by Gasteiger charge is -2.18. The minimum absolute atomic E-state index is 0.0289. The molecule has 0 saturated heterocycles. The number of amides is 1. The maximum atomic E-state index is 15.2. The van der Waals surface area contributed by atoms with Crippen LogP contribution in [0, 0.1) is 5.82 Å². The second-order valence-electron chi connectivity index (χ2n) is 8.29. The molecule has 3 aromatic heterocycles. The van der Waals surface area contributed by atoms with E-state index in [1.54, 1.807) is 48.4 Å². The first-order valence-corrected chi connectivity index (χ1v) is 10.9. The van der Waals surface area contributed by atoms with Crippen LogP contribution in [0.2, 0.25) is 0 Å². The van der Waals surface area contributed by atoms with Gasteiger partial charge in [0.25, 0.3) is 5.91 Å². The van der Waals surface area contributed by atoms with Gasteiger partial charge in [-0.1, -0.05) is 6.07 Å². The van der Waals surface area contributed by atoms with Crippen molar-refractivity contribution in [1.82, 2.24) is 19.2 Å². The normalized spacial score (nSPS) is 12.3. The number of aryl methyl sites for hydroxylation is 1. The highest BCUT2D eigenvalue weighted by Gasteiger charge is 2.21. The molecule has 174 valence electrons. The molecular weight excluding hydrogens is 449 g/mol. The number of ether oxygens (including phenoxy) is 2. The average molecular weight is 469 g/mol. The monoisotopic (exact) mass is 469 g/mol. The third-order valence-electron chi connectivity index (χ3n) is 6.09. The zero-order valence-electron chi connectivity index (χ0n) is 19.0. The summed E-state index contributed by atoms with van der Waals surface area (Å²) in [6, 6.07) is 13.6. The maximum absolute atomic E-state index is 15.2. The van der Waals surface area contributed by atoms with Crippen LogP contribution in [0.5, 0.6) is 11.5 Å². The standard InChI is InChI=1S/C26H20FN5O3/c1-30-13-18(11-29-30)17-4-8-25-28-12-22(32(25)14-17)16-3-6-20(21(27)9-16)26(33)31(2)19-5-7-23-24(10-19)35-15-34-23/h3-14H,15H2,1-2H3. The van der Waals surface area contributed by atoms with Crippen molar-refractivity contribution in [3.8, 4) is 33.9 Å². The van der Waals surface area contributed by atoms with Crippen molar-refractivity contribution in [2.75, 3.05) is 18.7 Å². The minimum Gasteiger partial charge on any atom is -0.454 e. The van der Waals surface area contributed by atoms with E-state index in [9.17, 15) is 4.79 Å². The number of carbonyl (C=O) groups is 1. The highest BCUT2D eigenvalue weighted by atomic mass is 19.1. The fraction of sp³-hybridized carbons (Fsp3) is 0.115. The summed E-state index contributed by atoms with van der Waals surface area (Å²) >= 11 is 0. The second kappa shape index (κ2) is 7.98. The first-order chi connectivity index (χ1) is 17.0. The molecule has 0 fully saturated rings. The summed E-state index contributed by atoms with van der Waals surface area (Å²) in [4.78, 5) is 18.9. The number of carbonyl (C=O) groups excluding carboxylic acids is 1. The number of anilines is 1. The number of imidazole rings is 1. The molecule has 0 N–H and O–H groups in total. The summed E-state index contributed by atoms with van der Waals surface area (Å²) in [6.07, 6.45) is 7.35. The Kier molecular flexibility index (Phi) is 4.77. The molecule has 9 heteroatoms. The first-order valence-electron chi connectivity index (χ1n) is 10.9. The van der Waals surface area contributed by atoms with Gasteiger partial charge in [-0.05, 0) is 36.4 Å². The lowest BCUT2D eigenvalue weighted by Crippen LogP contribution is -2.27. The van der Waals surface area contributed by atoms with E-state index in [4.69, 9.17) is 9.47 Å². The van der Waals surface area contributed by atoms with E-state index in [0.717, 1.165) is 16.8 Å². The molecule has 0 atom stereocenters.